The Hall–Kier alpha value is -8.45. The van der Waals surface area contributed by atoms with Gasteiger partial charge in [-0.05, 0) is 69.3 Å². The molecule has 0 saturated heterocycles. The van der Waals surface area contributed by atoms with Crippen LogP contribution in [-0.4, -0.2) is 160 Å². The SMILES string of the molecule is CC1=C(C)C(=O)C(C(C)(C)CC(=O)N(C)CCN(CCOCCOCCC(=O)NCCNC(=O)c2ccc3c(c2)C(=O)OC32c3ccc(O)cc3Oc3cc(O)ccc32)C(=O)Oc2ccc3sc(C4=NC(C(=O)O)CS4)nc3c2)=C(C)C1=O. The number of aromatic hydroxyl groups is 2. The number of nitrogens with zero attached hydrogens (tertiary/aromatic N) is 4. The molecule has 5 N–H and O–H groups in total. The van der Waals surface area contributed by atoms with Gasteiger partial charge in [-0.2, -0.15) is 0 Å². The summed E-state index contributed by atoms with van der Waals surface area (Å²) in [6.45, 7) is 8.99. The fourth-order valence-corrected chi connectivity index (χ4v) is 12.2. The highest BCUT2D eigenvalue weighted by Crippen LogP contribution is 2.57. The number of phenolic OH excluding ortho intramolecular Hbond substituents is 2. The highest BCUT2D eigenvalue weighted by Gasteiger charge is 2.54. The van der Waals surface area contributed by atoms with Crippen LogP contribution in [0.3, 0.4) is 0 Å². The van der Waals surface area contributed by atoms with Crippen LogP contribution in [0.4, 0.5) is 4.79 Å². The Morgan fingerprint density at radius 2 is 1.45 bits per heavy atom. The number of ketones is 2. The molecule has 4 aliphatic rings. The zero-order valence-electron chi connectivity index (χ0n) is 46.2. The second-order valence-electron chi connectivity index (χ2n) is 20.8. The van der Waals surface area contributed by atoms with E-state index in [0.29, 0.717) is 60.3 Å². The minimum Gasteiger partial charge on any atom is -0.508 e. The number of aliphatic imine (C=N–C) groups is 1. The van der Waals surface area contributed by atoms with Crippen molar-refractivity contribution in [2.24, 2.45) is 10.4 Å². The fourth-order valence-electron chi connectivity index (χ4n) is 10.1. The summed E-state index contributed by atoms with van der Waals surface area (Å²) >= 11 is 2.64. The molecular formula is C59H60N6O16S2. The average Bonchev–Trinajstić information content (AvgIpc) is 1.84. The summed E-state index contributed by atoms with van der Waals surface area (Å²) in [6.07, 6.45) is -0.807. The van der Waals surface area contributed by atoms with E-state index in [0.717, 1.165) is 4.70 Å². The molecule has 1 atom stereocenters. The van der Waals surface area contributed by atoms with Crippen molar-refractivity contribution in [1.29, 1.82) is 0 Å². The number of benzene rings is 4. The van der Waals surface area contributed by atoms with Crippen LogP contribution in [0.5, 0.6) is 28.7 Å². The number of hydrogen-bond donors (Lipinski definition) is 5. The zero-order valence-corrected chi connectivity index (χ0v) is 47.9. The zero-order chi connectivity index (χ0) is 59.5. The number of ether oxygens (including phenoxy) is 5. The van der Waals surface area contributed by atoms with Gasteiger partial charge in [0.1, 0.15) is 38.8 Å². The summed E-state index contributed by atoms with van der Waals surface area (Å²) in [5, 5.41) is 36.3. The van der Waals surface area contributed by atoms with Crippen LogP contribution >= 0.6 is 23.1 Å². The monoisotopic (exact) mass is 1170 g/mol. The number of carboxylic acids is 1. The number of rotatable bonds is 22. The Morgan fingerprint density at radius 1 is 0.783 bits per heavy atom. The molecular weight excluding hydrogens is 1110 g/mol. The lowest BCUT2D eigenvalue weighted by Crippen LogP contribution is -2.43. The molecule has 0 fully saturated rings. The van der Waals surface area contributed by atoms with Crippen molar-refractivity contribution in [3.8, 4) is 28.7 Å². The molecule has 0 bridgehead atoms. The average molecular weight is 1170 g/mol. The molecule has 24 heteroatoms. The Morgan fingerprint density at radius 3 is 2.13 bits per heavy atom. The first kappa shape index (κ1) is 59.2. The molecule has 0 saturated carbocycles. The van der Waals surface area contributed by atoms with E-state index in [-0.39, 0.29) is 135 Å². The maximum atomic E-state index is 13.8. The molecule has 1 aromatic heterocycles. The van der Waals surface area contributed by atoms with Gasteiger partial charge in [-0.25, -0.2) is 19.4 Å². The number of Topliss-reactive ketones (excluding diaryl/α,β-unsaturated/α-hetero) is 2. The van der Waals surface area contributed by atoms with Crippen LogP contribution in [0.25, 0.3) is 10.2 Å². The van der Waals surface area contributed by atoms with Crippen LogP contribution in [-0.2, 0) is 43.8 Å². The van der Waals surface area contributed by atoms with Gasteiger partial charge in [0.2, 0.25) is 11.8 Å². The minimum absolute atomic E-state index is 0.0110. The van der Waals surface area contributed by atoms with Gasteiger partial charge in [0, 0.05) is 127 Å². The molecule has 4 amide bonds. The number of carbonyl (C=O) groups excluding carboxylic acids is 7. The van der Waals surface area contributed by atoms with Gasteiger partial charge < -0.3 is 59.4 Å². The molecule has 1 spiro atoms. The number of fused-ring (bicyclic) bond motifs is 7. The van der Waals surface area contributed by atoms with Crippen LogP contribution in [0.15, 0.2) is 100 Å². The summed E-state index contributed by atoms with van der Waals surface area (Å²) in [4.78, 5) is 116. The molecule has 0 radical (unpaired) electrons. The van der Waals surface area contributed by atoms with Gasteiger partial charge >= 0.3 is 18.0 Å². The highest BCUT2D eigenvalue weighted by molar-refractivity contribution is 8.15. The van der Waals surface area contributed by atoms with E-state index in [4.69, 9.17) is 23.7 Å². The second kappa shape index (κ2) is 24.6. The van der Waals surface area contributed by atoms with Crippen LogP contribution in [0.2, 0.25) is 0 Å². The fraction of sp³-hybridized carbons (Fsp3) is 0.356. The molecule has 4 heterocycles. The van der Waals surface area contributed by atoms with E-state index in [1.54, 1.807) is 84.1 Å². The number of allylic oxidation sites excluding steroid dienone is 4. The van der Waals surface area contributed by atoms with Gasteiger partial charge in [0.15, 0.2) is 23.2 Å². The third kappa shape index (κ3) is 12.5. The van der Waals surface area contributed by atoms with Crippen molar-refractivity contribution >= 4 is 85.7 Å². The van der Waals surface area contributed by atoms with Gasteiger partial charge in [0.25, 0.3) is 5.91 Å². The Kier molecular flexibility index (Phi) is 17.5. The normalized spacial score (nSPS) is 16.0. The number of hydrogen-bond acceptors (Lipinski definition) is 19. The molecule has 1 unspecified atom stereocenters. The number of esters is 1. The maximum absolute atomic E-state index is 13.8. The topological polar surface area (TPSA) is 299 Å². The molecule has 1 aliphatic carbocycles. The van der Waals surface area contributed by atoms with Crippen molar-refractivity contribution in [3.63, 3.8) is 0 Å². The van der Waals surface area contributed by atoms with E-state index in [2.05, 4.69) is 20.6 Å². The van der Waals surface area contributed by atoms with E-state index in [1.807, 2.05) is 0 Å². The lowest BCUT2D eigenvalue weighted by molar-refractivity contribution is -0.138. The van der Waals surface area contributed by atoms with Gasteiger partial charge in [-0.1, -0.05) is 19.9 Å². The first-order valence-electron chi connectivity index (χ1n) is 26.5. The van der Waals surface area contributed by atoms with Gasteiger partial charge in [-0.15, -0.1) is 23.1 Å². The standard InChI is InChI=1S/C59H60N6O16S2/c1-31-32(2)51(71)49(33(3)50(31)70)58(4,5)29-48(69)64(6)18-19-65(57(76)79-37-10-14-46-42(28-37)62-54(83-46)53-63-43(30-82-53)55(73)74)20-22-78-24-23-77-21-15-47(68)60-16-17-61-52(72)34-7-11-39-38(25-34)56(75)81-59(39)40-12-8-35(66)26-44(40)80-45-27-36(67)9-13-41(45)59/h7-14,25-28,43,66-67H,15-24,29-30H2,1-6H3,(H,60,68)(H,61,72)(H,73,74). The number of aromatic nitrogens is 1. The number of nitrogens with one attached hydrogen (secondary N) is 2. The number of carboxylic acid groups (broad SMARTS) is 1. The summed E-state index contributed by atoms with van der Waals surface area (Å²) in [5.41, 5.74) is 1.07. The highest BCUT2D eigenvalue weighted by atomic mass is 32.2. The number of aliphatic carboxylic acids is 1. The Labute approximate surface area is 484 Å². The molecule has 83 heavy (non-hydrogen) atoms. The third-order valence-electron chi connectivity index (χ3n) is 14.6. The minimum atomic E-state index is -1.48. The van der Waals surface area contributed by atoms with Crippen molar-refractivity contribution in [3.05, 3.63) is 128 Å². The first-order chi connectivity index (χ1) is 39.6. The molecule has 5 aromatic rings. The molecule has 9 rings (SSSR count). The van der Waals surface area contributed by atoms with E-state index >= 15 is 0 Å². The second-order valence-corrected chi connectivity index (χ2v) is 22.8. The van der Waals surface area contributed by atoms with Crippen LogP contribution in [0.1, 0.15) is 89.9 Å². The number of thioether (sulfide) groups is 1. The van der Waals surface area contributed by atoms with Crippen LogP contribution in [0, 0.1) is 5.41 Å². The lowest BCUT2D eigenvalue weighted by atomic mass is 9.71. The van der Waals surface area contributed by atoms with Crippen LogP contribution < -0.4 is 20.1 Å². The smallest absolute Gasteiger partial charge is 0.415 e. The lowest BCUT2D eigenvalue weighted by Gasteiger charge is -2.36. The van der Waals surface area contributed by atoms with Crippen molar-refractivity contribution in [2.45, 2.75) is 59.1 Å². The number of likely N-dealkylation sites (N-methyl/N-ethyl adjacent to an activating group) is 1. The number of carbonyl (C=O) groups is 8. The van der Waals surface area contributed by atoms with E-state index in [1.165, 1.54) is 63.2 Å². The summed E-state index contributed by atoms with van der Waals surface area (Å²) in [7, 11) is 1.58. The van der Waals surface area contributed by atoms with Crippen molar-refractivity contribution < 1.29 is 77.4 Å². The predicted octanol–water partition coefficient (Wildman–Crippen LogP) is 6.67. The van der Waals surface area contributed by atoms with Crippen molar-refractivity contribution in [2.75, 3.05) is 72.0 Å². The quantitative estimate of drug-likeness (QED) is 0.0274. The molecule has 4 aromatic carbocycles. The first-order valence-corrected chi connectivity index (χ1v) is 28.3. The maximum Gasteiger partial charge on any atom is 0.415 e. The van der Waals surface area contributed by atoms with Gasteiger partial charge in [-0.3, -0.25) is 29.0 Å². The van der Waals surface area contributed by atoms with E-state index < -0.39 is 41.0 Å². The number of thiazole rings is 1. The van der Waals surface area contributed by atoms with Crippen molar-refractivity contribution in [1.82, 2.24) is 25.4 Å². The summed E-state index contributed by atoms with van der Waals surface area (Å²) in [5.74, 6) is -2.56. The largest absolute Gasteiger partial charge is 0.508 e. The number of amides is 4. The molecule has 434 valence electrons. The predicted molar refractivity (Wildman–Crippen MR) is 304 cm³/mol. The van der Waals surface area contributed by atoms with Gasteiger partial charge in [0.05, 0.1) is 42.2 Å². The number of phenols is 2. The third-order valence-corrected chi connectivity index (χ3v) is 16.9. The van der Waals surface area contributed by atoms with E-state index in [9.17, 15) is 53.7 Å². The Bertz CT molecular complexity index is 3550. The Balaban J connectivity index is 0.731. The summed E-state index contributed by atoms with van der Waals surface area (Å²) < 4.78 is 30.1. The summed E-state index contributed by atoms with van der Waals surface area (Å²) in [6, 6.07) is 17.5. The molecule has 3 aliphatic heterocycles. The molecule has 22 nitrogen and oxygen atoms in total.